The largest absolute Gasteiger partial charge is 0.375 e. The molecule has 2 fully saturated rings. The molecule has 0 spiro atoms. The van der Waals surface area contributed by atoms with Gasteiger partial charge in [-0.3, -0.25) is 4.79 Å². The SMILES string of the molecule is C[C@@H]1OCCN(C(=O)[C@@H]2CCNC2)[C@H]1C. The van der Waals surface area contributed by atoms with Gasteiger partial charge in [0, 0.05) is 13.1 Å². The summed E-state index contributed by atoms with van der Waals surface area (Å²) in [5.74, 6) is 0.500. The smallest absolute Gasteiger partial charge is 0.227 e. The first-order chi connectivity index (χ1) is 7.20. The maximum atomic E-state index is 12.2. The van der Waals surface area contributed by atoms with Gasteiger partial charge in [-0.25, -0.2) is 0 Å². The van der Waals surface area contributed by atoms with Crippen LogP contribution in [0.1, 0.15) is 20.3 Å². The van der Waals surface area contributed by atoms with E-state index >= 15 is 0 Å². The number of carbonyl (C=O) groups excluding carboxylic acids is 1. The third-order valence-electron chi connectivity index (χ3n) is 3.58. The normalized spacial score (nSPS) is 36.9. The van der Waals surface area contributed by atoms with Crippen molar-refractivity contribution in [1.29, 1.82) is 0 Å². The third-order valence-corrected chi connectivity index (χ3v) is 3.58. The van der Waals surface area contributed by atoms with Crippen molar-refractivity contribution in [3.8, 4) is 0 Å². The quantitative estimate of drug-likeness (QED) is 0.676. The van der Waals surface area contributed by atoms with E-state index in [1.807, 2.05) is 11.8 Å². The van der Waals surface area contributed by atoms with E-state index in [1.54, 1.807) is 0 Å². The van der Waals surface area contributed by atoms with Crippen molar-refractivity contribution in [2.24, 2.45) is 5.92 Å². The Bertz CT molecular complexity index is 239. The van der Waals surface area contributed by atoms with Gasteiger partial charge in [0.05, 0.1) is 24.7 Å². The minimum atomic E-state index is 0.164. The van der Waals surface area contributed by atoms with Gasteiger partial charge in [-0.05, 0) is 26.8 Å². The Morgan fingerprint density at radius 1 is 1.47 bits per heavy atom. The van der Waals surface area contributed by atoms with E-state index in [-0.39, 0.29) is 18.1 Å². The molecule has 0 bridgehead atoms. The van der Waals surface area contributed by atoms with Crippen molar-refractivity contribution in [3.63, 3.8) is 0 Å². The van der Waals surface area contributed by atoms with Crippen LogP contribution in [0.15, 0.2) is 0 Å². The van der Waals surface area contributed by atoms with E-state index in [1.165, 1.54) is 0 Å². The maximum Gasteiger partial charge on any atom is 0.227 e. The Kier molecular flexibility index (Phi) is 3.26. The van der Waals surface area contributed by atoms with Gasteiger partial charge in [0.1, 0.15) is 0 Å². The number of nitrogens with one attached hydrogen (secondary N) is 1. The molecule has 2 aliphatic heterocycles. The fourth-order valence-electron chi connectivity index (χ4n) is 2.34. The average Bonchev–Trinajstić information content (AvgIpc) is 2.74. The van der Waals surface area contributed by atoms with Crippen LogP contribution >= 0.6 is 0 Å². The lowest BCUT2D eigenvalue weighted by molar-refractivity contribution is -0.147. The Morgan fingerprint density at radius 3 is 2.93 bits per heavy atom. The van der Waals surface area contributed by atoms with E-state index < -0.39 is 0 Å². The minimum absolute atomic E-state index is 0.164. The number of hydrogen-bond acceptors (Lipinski definition) is 3. The molecule has 4 nitrogen and oxygen atoms in total. The third kappa shape index (κ3) is 2.16. The summed E-state index contributed by atoms with van der Waals surface area (Å²) >= 11 is 0. The molecule has 2 rings (SSSR count). The summed E-state index contributed by atoms with van der Waals surface area (Å²) in [6.45, 7) is 7.36. The molecule has 0 unspecified atom stereocenters. The zero-order valence-corrected chi connectivity index (χ0v) is 9.53. The van der Waals surface area contributed by atoms with Crippen LogP contribution in [0.25, 0.3) is 0 Å². The number of nitrogens with zero attached hydrogens (tertiary/aromatic N) is 1. The van der Waals surface area contributed by atoms with Crippen molar-refractivity contribution in [3.05, 3.63) is 0 Å². The number of carbonyl (C=O) groups is 1. The molecule has 0 aromatic rings. The number of ether oxygens (including phenoxy) is 1. The molecule has 1 N–H and O–H groups in total. The number of morpholine rings is 1. The Morgan fingerprint density at radius 2 is 2.27 bits per heavy atom. The van der Waals surface area contributed by atoms with Crippen LogP contribution < -0.4 is 5.32 Å². The Labute approximate surface area is 91.0 Å². The van der Waals surface area contributed by atoms with E-state index in [2.05, 4.69) is 12.2 Å². The molecule has 3 atom stereocenters. The minimum Gasteiger partial charge on any atom is -0.375 e. The molecular weight excluding hydrogens is 192 g/mol. The van der Waals surface area contributed by atoms with E-state index in [0.29, 0.717) is 12.5 Å². The molecule has 2 saturated heterocycles. The van der Waals surface area contributed by atoms with E-state index in [4.69, 9.17) is 4.74 Å². The van der Waals surface area contributed by atoms with Crippen LogP contribution in [0.4, 0.5) is 0 Å². The van der Waals surface area contributed by atoms with E-state index in [9.17, 15) is 4.79 Å². The maximum absolute atomic E-state index is 12.2. The monoisotopic (exact) mass is 212 g/mol. The average molecular weight is 212 g/mol. The number of amides is 1. The lowest BCUT2D eigenvalue weighted by atomic mass is 10.0. The molecule has 15 heavy (non-hydrogen) atoms. The summed E-state index contributed by atoms with van der Waals surface area (Å²) < 4.78 is 5.52. The van der Waals surface area contributed by atoms with Gasteiger partial charge in [-0.2, -0.15) is 0 Å². The molecule has 2 heterocycles. The van der Waals surface area contributed by atoms with Crippen molar-refractivity contribution >= 4 is 5.91 Å². The molecule has 0 saturated carbocycles. The highest BCUT2D eigenvalue weighted by atomic mass is 16.5. The molecule has 4 heteroatoms. The topological polar surface area (TPSA) is 41.6 Å². The molecule has 2 aliphatic rings. The van der Waals surface area contributed by atoms with Crippen molar-refractivity contribution < 1.29 is 9.53 Å². The summed E-state index contributed by atoms with van der Waals surface area (Å²) in [6.07, 6.45) is 1.15. The zero-order chi connectivity index (χ0) is 10.8. The van der Waals surface area contributed by atoms with Crippen LogP contribution in [0, 0.1) is 5.92 Å². The van der Waals surface area contributed by atoms with Gasteiger partial charge in [0.25, 0.3) is 0 Å². The first-order valence-electron chi connectivity index (χ1n) is 5.83. The Balaban J connectivity index is 1.98. The van der Waals surface area contributed by atoms with Gasteiger partial charge in [0.15, 0.2) is 0 Å². The lowest BCUT2D eigenvalue weighted by Gasteiger charge is -2.39. The summed E-state index contributed by atoms with van der Waals surface area (Å²) in [7, 11) is 0. The second-order valence-corrected chi connectivity index (χ2v) is 4.54. The lowest BCUT2D eigenvalue weighted by Crippen LogP contribution is -2.53. The second kappa shape index (κ2) is 4.49. The summed E-state index contributed by atoms with van der Waals surface area (Å²) in [4.78, 5) is 14.2. The molecule has 86 valence electrons. The molecule has 0 radical (unpaired) electrons. The van der Waals surface area contributed by atoms with Crippen molar-refractivity contribution in [1.82, 2.24) is 10.2 Å². The Hall–Kier alpha value is -0.610. The summed E-state index contributed by atoms with van der Waals surface area (Å²) in [5, 5.41) is 3.24. The fourth-order valence-corrected chi connectivity index (χ4v) is 2.34. The van der Waals surface area contributed by atoms with Crippen LogP contribution in [-0.2, 0) is 9.53 Å². The molecule has 0 aromatic heterocycles. The van der Waals surface area contributed by atoms with Crippen LogP contribution in [0.3, 0.4) is 0 Å². The molecule has 0 aliphatic carbocycles. The highest BCUT2D eigenvalue weighted by molar-refractivity contribution is 5.79. The summed E-state index contributed by atoms with van der Waals surface area (Å²) in [6, 6.07) is 0.215. The molecular formula is C11H20N2O2. The highest BCUT2D eigenvalue weighted by Gasteiger charge is 2.34. The number of rotatable bonds is 1. The summed E-state index contributed by atoms with van der Waals surface area (Å²) in [5.41, 5.74) is 0. The molecule has 0 aromatic carbocycles. The van der Waals surface area contributed by atoms with Gasteiger partial charge >= 0.3 is 0 Å². The first kappa shape index (κ1) is 10.9. The van der Waals surface area contributed by atoms with Gasteiger partial charge in [-0.1, -0.05) is 0 Å². The van der Waals surface area contributed by atoms with Crippen LogP contribution in [-0.4, -0.2) is 49.2 Å². The first-order valence-corrected chi connectivity index (χ1v) is 5.83. The van der Waals surface area contributed by atoms with Gasteiger partial charge in [0.2, 0.25) is 5.91 Å². The zero-order valence-electron chi connectivity index (χ0n) is 9.53. The highest BCUT2D eigenvalue weighted by Crippen LogP contribution is 2.19. The predicted octanol–water partition coefficient (Wildman–Crippen LogP) is 0.232. The van der Waals surface area contributed by atoms with Crippen molar-refractivity contribution in [2.45, 2.75) is 32.4 Å². The van der Waals surface area contributed by atoms with Crippen LogP contribution in [0.2, 0.25) is 0 Å². The second-order valence-electron chi connectivity index (χ2n) is 4.54. The fraction of sp³-hybridized carbons (Fsp3) is 0.909. The molecule has 1 amide bonds. The standard InChI is InChI=1S/C11H20N2O2/c1-8-9(2)15-6-5-13(8)11(14)10-3-4-12-7-10/h8-10,12H,3-7H2,1-2H3/t8-,9-,10+/m0/s1. The van der Waals surface area contributed by atoms with Crippen LogP contribution in [0.5, 0.6) is 0 Å². The van der Waals surface area contributed by atoms with E-state index in [0.717, 1.165) is 26.1 Å². The number of hydrogen-bond donors (Lipinski definition) is 1. The van der Waals surface area contributed by atoms with Gasteiger partial charge in [-0.15, -0.1) is 0 Å². The predicted molar refractivity (Wildman–Crippen MR) is 57.6 cm³/mol. The van der Waals surface area contributed by atoms with Crippen molar-refractivity contribution in [2.75, 3.05) is 26.2 Å². The van der Waals surface area contributed by atoms with Gasteiger partial charge < -0.3 is 15.0 Å².